The molecule has 1 unspecified atom stereocenters. The number of nitro groups is 1. The van der Waals surface area contributed by atoms with Gasteiger partial charge < -0.3 is 57.5 Å². The zero-order valence-corrected chi connectivity index (χ0v) is 59.0. The average Bonchev–Trinajstić information content (AvgIpc) is 0.771. The number of hydrogen-bond donors (Lipinski definition) is 6. The molecule has 17 nitrogen and oxygen atoms in total. The second-order valence-corrected chi connectivity index (χ2v) is 20.7. The normalized spacial score (nSPS) is 13.3. The number of nitrogens with one attached hydrogen (secondary N) is 2. The molecule has 7 aromatic carbocycles. The van der Waals surface area contributed by atoms with E-state index in [1.54, 1.807) is 60.7 Å². The van der Waals surface area contributed by atoms with Gasteiger partial charge in [-0.15, -0.1) is 0 Å². The van der Waals surface area contributed by atoms with Gasteiger partial charge >= 0.3 is 158 Å². The fraction of sp³-hybridized carbons (Fsp3) is 0.262. The quantitative estimate of drug-likeness (QED) is 0.00767. The second-order valence-electron chi connectivity index (χ2n) is 20.4. The number of urea groups is 1. The number of nitrogens with two attached hydrogens (primary N) is 1. The zero-order chi connectivity index (χ0) is 76.0. The first-order valence-electron chi connectivity index (χ1n) is 27.0. The number of ether oxygens (including phenoxy) is 3. The van der Waals surface area contributed by atoms with Crippen LogP contribution >= 0.6 is 11.6 Å². The maximum Gasteiger partial charge on any atom is 1.00 e. The van der Waals surface area contributed by atoms with Crippen LogP contribution in [0.2, 0.25) is 0 Å². The van der Waals surface area contributed by atoms with Crippen LogP contribution in [0.4, 0.5) is 107 Å². The first kappa shape index (κ1) is 93.7. The van der Waals surface area contributed by atoms with E-state index in [1.807, 2.05) is 5.32 Å². The van der Waals surface area contributed by atoms with Crippen molar-refractivity contribution in [3.8, 4) is 17.2 Å². The summed E-state index contributed by atoms with van der Waals surface area (Å²) < 4.78 is 282. The van der Waals surface area contributed by atoms with E-state index < -0.39 is 130 Å². The molecule has 0 heterocycles. The first-order chi connectivity index (χ1) is 46.1. The van der Waals surface area contributed by atoms with Gasteiger partial charge in [-0.3, -0.25) is 14.9 Å². The molecule has 548 valence electrons. The molecule has 0 aliphatic carbocycles. The third-order valence-electron chi connectivity index (χ3n) is 13.1. The molecule has 41 heteroatoms. The number of non-ortho nitro benzene ring substituents is 1. The van der Waals surface area contributed by atoms with Crippen LogP contribution in [-0.4, -0.2) is 106 Å². The first-order valence-corrected chi connectivity index (χ1v) is 27.4. The van der Waals surface area contributed by atoms with Gasteiger partial charge in [0.1, 0.15) is 40.5 Å². The van der Waals surface area contributed by atoms with Crippen molar-refractivity contribution in [2.75, 3.05) is 13.2 Å². The number of halogens is 22. The summed E-state index contributed by atoms with van der Waals surface area (Å²) in [6.45, 7) is -3.55. The number of aliphatic hydroxyl groups is 3. The summed E-state index contributed by atoms with van der Waals surface area (Å²) in [5.41, 5.74) is -5.22. The molecule has 0 radical (unpaired) electrons. The monoisotopic (exact) mass is 1560 g/mol. The molecular weight excluding hydrogens is 1510 g/mol. The van der Waals surface area contributed by atoms with Crippen molar-refractivity contribution in [2.45, 2.75) is 85.6 Å². The Balaban J connectivity index is 0.00000146. The zero-order valence-electron chi connectivity index (χ0n) is 53.0. The number of benzene rings is 7. The van der Waals surface area contributed by atoms with Gasteiger partial charge in [0.15, 0.2) is 5.60 Å². The van der Waals surface area contributed by atoms with Crippen LogP contribution < -0.4 is 139 Å². The Morgan fingerprint density at radius 3 is 1.32 bits per heavy atom. The Bertz CT molecular complexity index is 3770. The standard InChI is InChI=1S/C27H23F9N2O3.C22H17F6NO.C7H4ClNO4.C4H4F6O2.CH2O3.2K.H/c1-24(40,27(34,35)36)15-37-23(39)38-25(14-16-5-3-2-4-6-16,17-7-9-19(28)10-8-17)18-11-20(29)13-21(12-18)41-26(32,33)22(30)31;23-17-8-6-15(7-9-17)21(29,13-14-4-2-1-3-5-14)16-10-18(24)12-19(11-16)30-22(27,28)20(25)26;8-7(10)13-6-3-1-5(2-4-6)9(11)12;5-3(6,7)2(12,1-11)4(8,9)10;2-1-4-3;;;/h2-13,22,40H,14-15H2,1H3,(H2,37,38,39);1-12,20H,13,29H2;1-4H;11-12H,1H2;1,3H;;;/q;;;;;2*+1;-1/p-1/t24?,25-;21-;;;;;;/m11....../s1. The minimum atomic E-state index is -5.93. The van der Waals surface area contributed by atoms with Crippen molar-refractivity contribution in [1.82, 2.24) is 10.6 Å². The van der Waals surface area contributed by atoms with Crippen LogP contribution in [0.5, 0.6) is 17.2 Å². The van der Waals surface area contributed by atoms with E-state index in [2.05, 4.69) is 24.4 Å². The molecule has 7 rings (SSSR count). The third-order valence-corrected chi connectivity index (χ3v) is 13.2. The van der Waals surface area contributed by atoms with E-state index in [0.717, 1.165) is 66.2 Å². The van der Waals surface area contributed by atoms with E-state index in [-0.39, 0.29) is 152 Å². The summed E-state index contributed by atoms with van der Waals surface area (Å²) >= 11 is 4.92. The molecule has 0 aliphatic rings. The van der Waals surface area contributed by atoms with E-state index in [9.17, 15) is 117 Å². The predicted octanol–water partition coefficient (Wildman–Crippen LogP) is 7.67. The molecule has 102 heavy (non-hydrogen) atoms. The second kappa shape index (κ2) is 40.2. The Labute approximate surface area is 653 Å². The largest absolute Gasteiger partial charge is 1.00 e. The van der Waals surface area contributed by atoms with Gasteiger partial charge in [0.05, 0.1) is 29.2 Å². The molecule has 7 aromatic rings. The van der Waals surface area contributed by atoms with Gasteiger partial charge in [0.25, 0.3) is 17.8 Å². The summed E-state index contributed by atoms with van der Waals surface area (Å²) in [6, 6.07) is 34.0. The Hall–Kier alpha value is -6.36. The number of amides is 2. The molecule has 3 atom stereocenters. The van der Waals surface area contributed by atoms with E-state index in [1.165, 1.54) is 36.4 Å². The molecule has 0 bridgehead atoms. The minimum absolute atomic E-state index is 0. The Morgan fingerprint density at radius 2 is 0.971 bits per heavy atom. The van der Waals surface area contributed by atoms with E-state index in [0.29, 0.717) is 30.2 Å². The smallest absolute Gasteiger partial charge is 1.00 e. The third kappa shape index (κ3) is 27.9. The number of hydrogen-bond acceptors (Lipinski definition) is 14. The summed E-state index contributed by atoms with van der Waals surface area (Å²) in [5, 5.41) is 48.4. The molecule has 0 saturated carbocycles. The SMILES string of the molecule is CC(O)(CNC(=O)N[C@](Cc1ccccc1)(c1ccc(F)cc1)c1cc(F)cc(OC(F)(F)C(F)F)c1)C(F)(F)F.N[C@](Cc1ccccc1)(c1ccc(F)cc1)c1cc(F)cc(OC(F)(F)C(F)F)c1.O=C(Cl)Oc1ccc([N+](=O)[O-])cc1.O=CO[O-].OCC(O)(C(F)(F)F)C(F)(F)F.[H-].[K+].[K+]. The van der Waals surface area contributed by atoms with Gasteiger partial charge in [0.2, 0.25) is 0 Å². The van der Waals surface area contributed by atoms with Crippen LogP contribution in [-0.2, 0) is 33.6 Å². The van der Waals surface area contributed by atoms with Crippen LogP contribution in [0, 0.1) is 33.4 Å². The molecule has 0 fully saturated rings. The van der Waals surface area contributed by atoms with Crippen LogP contribution in [0.25, 0.3) is 0 Å². The van der Waals surface area contributed by atoms with Crippen LogP contribution in [0.15, 0.2) is 170 Å². The molecule has 0 aromatic heterocycles. The molecule has 0 aliphatic heterocycles. The number of carbonyl (C=O) groups is 3. The maximum atomic E-state index is 14.8. The maximum absolute atomic E-state index is 14.8. The minimum Gasteiger partial charge on any atom is -1.00 e. The number of aliphatic hydroxyl groups excluding tert-OH is 1. The fourth-order valence-corrected chi connectivity index (χ4v) is 8.13. The predicted molar refractivity (Wildman–Crippen MR) is 305 cm³/mol. The van der Waals surface area contributed by atoms with Gasteiger partial charge in [-0.2, -0.15) is 74.6 Å². The summed E-state index contributed by atoms with van der Waals surface area (Å²) in [5.74, 6) is -5.23. The van der Waals surface area contributed by atoms with Gasteiger partial charge in [-0.25, -0.2) is 27.2 Å². The van der Waals surface area contributed by atoms with E-state index >= 15 is 0 Å². The van der Waals surface area contributed by atoms with Crippen LogP contribution in [0.3, 0.4) is 0 Å². The Morgan fingerprint density at radius 1 is 0.578 bits per heavy atom. The average molecular weight is 1560 g/mol. The number of rotatable bonds is 21. The summed E-state index contributed by atoms with van der Waals surface area (Å²) in [6.07, 6.45) is -35.5. The molecule has 2 amide bonds. The van der Waals surface area contributed by atoms with Crippen molar-refractivity contribution in [3.63, 3.8) is 0 Å². The molecular formula is C61H50ClF21K2N4O13. The molecule has 7 N–H and O–H groups in total. The number of carbonyl (C=O) groups excluding carboxylic acids is 3. The summed E-state index contributed by atoms with van der Waals surface area (Å²) in [7, 11) is 0. The summed E-state index contributed by atoms with van der Waals surface area (Å²) in [4.78, 5) is 44.2. The fourth-order valence-electron chi connectivity index (χ4n) is 8.04. The van der Waals surface area contributed by atoms with Crippen molar-refractivity contribution in [2.24, 2.45) is 5.73 Å². The van der Waals surface area contributed by atoms with Crippen molar-refractivity contribution < 1.29 is 255 Å². The van der Waals surface area contributed by atoms with Gasteiger partial charge in [0, 0.05) is 42.3 Å². The number of nitro benzene ring substituents is 1. The number of alkyl halides is 17. The molecule has 0 spiro atoms. The van der Waals surface area contributed by atoms with Gasteiger partial charge in [-0.05, 0) is 107 Å². The van der Waals surface area contributed by atoms with E-state index in [4.69, 9.17) is 37.6 Å². The topological polar surface area (TPSA) is 265 Å². The Kier molecular flexibility index (Phi) is 36.9. The van der Waals surface area contributed by atoms with Crippen LogP contribution in [0.1, 0.15) is 41.7 Å². The van der Waals surface area contributed by atoms with Gasteiger partial charge in [-0.1, -0.05) is 84.9 Å². The van der Waals surface area contributed by atoms with Crippen molar-refractivity contribution in [1.29, 1.82) is 0 Å². The molecule has 0 saturated heterocycles. The number of nitrogens with zero attached hydrogens (tertiary/aromatic N) is 1. The van der Waals surface area contributed by atoms with Crippen molar-refractivity contribution in [3.05, 3.63) is 237 Å². The van der Waals surface area contributed by atoms with Crippen molar-refractivity contribution >= 4 is 35.2 Å².